The summed E-state index contributed by atoms with van der Waals surface area (Å²) in [5.41, 5.74) is 3.91. The van der Waals surface area contributed by atoms with Crippen LogP contribution >= 0.6 is 0 Å². The number of aromatic nitrogens is 3. The van der Waals surface area contributed by atoms with Gasteiger partial charge in [0, 0.05) is 35.5 Å². The number of pyridine rings is 2. The maximum atomic E-state index is 12.0. The van der Waals surface area contributed by atoms with Gasteiger partial charge in [-0.05, 0) is 56.5 Å². The molecule has 0 aromatic carbocycles. The predicted octanol–water partition coefficient (Wildman–Crippen LogP) is 2.79. The van der Waals surface area contributed by atoms with Gasteiger partial charge in [0.05, 0.1) is 11.7 Å². The van der Waals surface area contributed by atoms with Gasteiger partial charge in [-0.1, -0.05) is 0 Å². The average molecular weight is 377 g/mol. The predicted molar refractivity (Wildman–Crippen MR) is 106 cm³/mol. The van der Waals surface area contributed by atoms with Gasteiger partial charge in [-0.3, -0.25) is 9.78 Å². The standard InChI is InChI=1S/C21H23N5O2/c1-13-8-18(19(11-23-13)28-12-16-4-6-22-16)15-5-7-26-17(9-15)10-20(25-26)24-21(27)14-2-3-14/h5,7-11,14,16,22H,2-4,6,12H2,1H3,(H,24,25,27)/t16-/m0/s1. The Kier molecular flexibility index (Phi) is 4.24. The molecular weight excluding hydrogens is 354 g/mol. The molecule has 0 radical (unpaired) electrons. The van der Waals surface area contributed by atoms with E-state index in [0.717, 1.165) is 53.9 Å². The topological polar surface area (TPSA) is 80.5 Å². The van der Waals surface area contributed by atoms with E-state index in [1.54, 1.807) is 10.7 Å². The molecule has 2 aliphatic rings. The average Bonchev–Trinajstić information content (AvgIpc) is 3.42. The first-order valence-corrected chi connectivity index (χ1v) is 9.79. The van der Waals surface area contributed by atoms with Crippen molar-refractivity contribution in [2.75, 3.05) is 18.5 Å². The van der Waals surface area contributed by atoms with Crippen LogP contribution in [-0.2, 0) is 4.79 Å². The lowest BCUT2D eigenvalue weighted by atomic mass is 10.1. The van der Waals surface area contributed by atoms with E-state index in [9.17, 15) is 4.79 Å². The summed E-state index contributed by atoms with van der Waals surface area (Å²) in [6.45, 7) is 3.68. The van der Waals surface area contributed by atoms with E-state index in [4.69, 9.17) is 4.74 Å². The van der Waals surface area contributed by atoms with Crippen molar-refractivity contribution in [2.45, 2.75) is 32.2 Å². The Hall–Kier alpha value is -2.93. The summed E-state index contributed by atoms with van der Waals surface area (Å²) in [4.78, 5) is 16.4. The number of fused-ring (bicyclic) bond motifs is 1. The van der Waals surface area contributed by atoms with Crippen LogP contribution < -0.4 is 15.4 Å². The molecule has 2 N–H and O–H groups in total. The highest BCUT2D eigenvalue weighted by Crippen LogP contribution is 2.32. The monoisotopic (exact) mass is 377 g/mol. The molecule has 7 nitrogen and oxygen atoms in total. The highest BCUT2D eigenvalue weighted by atomic mass is 16.5. The Morgan fingerprint density at radius 2 is 2.18 bits per heavy atom. The number of hydrogen-bond acceptors (Lipinski definition) is 5. The molecule has 3 aromatic rings. The highest BCUT2D eigenvalue weighted by Gasteiger charge is 2.30. The van der Waals surface area contributed by atoms with E-state index in [-0.39, 0.29) is 11.8 Å². The molecule has 1 saturated heterocycles. The maximum Gasteiger partial charge on any atom is 0.228 e. The molecule has 28 heavy (non-hydrogen) atoms. The van der Waals surface area contributed by atoms with Crippen LogP contribution in [0.4, 0.5) is 5.82 Å². The van der Waals surface area contributed by atoms with Crippen LogP contribution in [0.1, 0.15) is 25.0 Å². The first-order chi connectivity index (χ1) is 13.7. The summed E-state index contributed by atoms with van der Waals surface area (Å²) in [5.74, 6) is 1.59. The fraction of sp³-hybridized carbons (Fsp3) is 0.381. The smallest absolute Gasteiger partial charge is 0.228 e. The number of carbonyl (C=O) groups is 1. The van der Waals surface area contributed by atoms with Crippen molar-refractivity contribution < 1.29 is 9.53 Å². The quantitative estimate of drug-likeness (QED) is 0.690. The Labute approximate surface area is 163 Å². The molecule has 1 atom stereocenters. The first kappa shape index (κ1) is 17.2. The third-order valence-electron chi connectivity index (χ3n) is 5.34. The number of amides is 1. The summed E-state index contributed by atoms with van der Waals surface area (Å²) in [6.07, 6.45) is 6.80. The molecule has 3 aromatic heterocycles. The van der Waals surface area contributed by atoms with Crippen molar-refractivity contribution in [1.29, 1.82) is 0 Å². The summed E-state index contributed by atoms with van der Waals surface area (Å²) in [6, 6.07) is 8.43. The van der Waals surface area contributed by atoms with E-state index in [1.807, 2.05) is 31.3 Å². The Balaban J connectivity index is 1.42. The van der Waals surface area contributed by atoms with E-state index in [1.165, 1.54) is 0 Å². The SMILES string of the molecule is Cc1cc(-c2ccn3nc(NC(=O)C4CC4)cc3c2)c(OC[C@@H]2CCN2)cn1. The first-order valence-electron chi connectivity index (χ1n) is 9.79. The number of carbonyl (C=O) groups excluding carboxylic acids is 1. The van der Waals surface area contributed by atoms with Crippen LogP contribution in [0, 0.1) is 12.8 Å². The Morgan fingerprint density at radius 1 is 1.32 bits per heavy atom. The van der Waals surface area contributed by atoms with Crippen LogP contribution in [0.15, 0.2) is 36.7 Å². The van der Waals surface area contributed by atoms with Crippen LogP contribution in [0.25, 0.3) is 16.6 Å². The minimum atomic E-state index is 0.0636. The van der Waals surface area contributed by atoms with E-state index < -0.39 is 0 Å². The summed E-state index contributed by atoms with van der Waals surface area (Å²) >= 11 is 0. The van der Waals surface area contributed by atoms with E-state index in [0.29, 0.717) is 18.5 Å². The van der Waals surface area contributed by atoms with Gasteiger partial charge in [-0.25, -0.2) is 4.52 Å². The molecule has 0 unspecified atom stereocenters. The molecule has 1 saturated carbocycles. The van der Waals surface area contributed by atoms with Gasteiger partial charge < -0.3 is 15.4 Å². The van der Waals surface area contributed by atoms with Gasteiger partial charge in [0.1, 0.15) is 12.4 Å². The van der Waals surface area contributed by atoms with Crippen molar-refractivity contribution in [1.82, 2.24) is 19.9 Å². The molecule has 4 heterocycles. The minimum absolute atomic E-state index is 0.0636. The molecule has 1 aliphatic carbocycles. The Bertz CT molecular complexity index is 1040. The fourth-order valence-corrected chi connectivity index (χ4v) is 3.37. The zero-order chi connectivity index (χ0) is 19.1. The number of hydrogen-bond donors (Lipinski definition) is 2. The molecule has 1 amide bonds. The van der Waals surface area contributed by atoms with Crippen LogP contribution in [0.3, 0.4) is 0 Å². The van der Waals surface area contributed by atoms with Crippen molar-refractivity contribution in [3.8, 4) is 16.9 Å². The molecule has 7 heteroatoms. The zero-order valence-corrected chi connectivity index (χ0v) is 15.8. The molecule has 2 fully saturated rings. The molecule has 5 rings (SSSR count). The summed E-state index contributed by atoms with van der Waals surface area (Å²) < 4.78 is 7.83. The lowest BCUT2D eigenvalue weighted by molar-refractivity contribution is -0.117. The van der Waals surface area contributed by atoms with Gasteiger partial charge in [-0.2, -0.15) is 5.10 Å². The zero-order valence-electron chi connectivity index (χ0n) is 15.8. The highest BCUT2D eigenvalue weighted by molar-refractivity contribution is 5.93. The minimum Gasteiger partial charge on any atom is -0.490 e. The van der Waals surface area contributed by atoms with Crippen molar-refractivity contribution >= 4 is 17.2 Å². The maximum absolute atomic E-state index is 12.0. The number of ether oxygens (including phenoxy) is 1. The van der Waals surface area contributed by atoms with Gasteiger partial charge in [0.15, 0.2) is 5.82 Å². The van der Waals surface area contributed by atoms with Crippen molar-refractivity contribution in [2.24, 2.45) is 5.92 Å². The van der Waals surface area contributed by atoms with Crippen LogP contribution in [0.2, 0.25) is 0 Å². The summed E-state index contributed by atoms with van der Waals surface area (Å²) in [7, 11) is 0. The van der Waals surface area contributed by atoms with Gasteiger partial charge >= 0.3 is 0 Å². The lowest BCUT2D eigenvalue weighted by Crippen LogP contribution is -2.46. The normalized spacial score (nSPS) is 18.7. The van der Waals surface area contributed by atoms with Crippen molar-refractivity contribution in [3.63, 3.8) is 0 Å². The second kappa shape index (κ2) is 6.91. The van der Waals surface area contributed by atoms with Crippen molar-refractivity contribution in [3.05, 3.63) is 42.4 Å². The summed E-state index contributed by atoms with van der Waals surface area (Å²) in [5, 5.41) is 10.7. The lowest BCUT2D eigenvalue weighted by Gasteiger charge is -2.27. The third-order valence-corrected chi connectivity index (χ3v) is 5.34. The third kappa shape index (κ3) is 3.45. The number of nitrogens with one attached hydrogen (secondary N) is 2. The number of anilines is 1. The molecule has 144 valence electrons. The van der Waals surface area contributed by atoms with Gasteiger partial charge in [0.2, 0.25) is 5.91 Å². The molecule has 1 aliphatic heterocycles. The van der Waals surface area contributed by atoms with Crippen LogP contribution in [-0.4, -0.2) is 39.7 Å². The molecule has 0 bridgehead atoms. The molecular formula is C21H23N5O2. The van der Waals surface area contributed by atoms with Gasteiger partial charge in [0.25, 0.3) is 0 Å². The number of rotatable bonds is 6. The van der Waals surface area contributed by atoms with E-state index in [2.05, 4.69) is 26.8 Å². The second-order valence-corrected chi connectivity index (χ2v) is 7.65. The molecule has 0 spiro atoms. The fourth-order valence-electron chi connectivity index (χ4n) is 3.37. The number of aryl methyl sites for hydroxylation is 1. The van der Waals surface area contributed by atoms with Gasteiger partial charge in [-0.15, -0.1) is 0 Å². The largest absolute Gasteiger partial charge is 0.490 e. The Morgan fingerprint density at radius 3 is 2.93 bits per heavy atom. The second-order valence-electron chi connectivity index (χ2n) is 7.65. The van der Waals surface area contributed by atoms with Crippen LogP contribution in [0.5, 0.6) is 5.75 Å². The van der Waals surface area contributed by atoms with E-state index >= 15 is 0 Å². The number of nitrogens with zero attached hydrogens (tertiary/aromatic N) is 3.